The molecule has 1 saturated carbocycles. The molecule has 2 fully saturated rings. The van der Waals surface area contributed by atoms with Crippen LogP contribution in [-0.2, 0) is 9.53 Å². The van der Waals surface area contributed by atoms with Crippen molar-refractivity contribution in [3.05, 3.63) is 0 Å². The van der Waals surface area contributed by atoms with Crippen LogP contribution in [0.2, 0.25) is 0 Å². The van der Waals surface area contributed by atoms with Gasteiger partial charge in [0.05, 0.1) is 6.10 Å². The van der Waals surface area contributed by atoms with Gasteiger partial charge in [0.25, 0.3) is 0 Å². The Labute approximate surface area is 110 Å². The average Bonchev–Trinajstić information content (AvgIpc) is 3.14. The van der Waals surface area contributed by atoms with Crippen molar-refractivity contribution in [3.63, 3.8) is 0 Å². The predicted molar refractivity (Wildman–Crippen MR) is 71.5 cm³/mol. The number of nitrogens with one attached hydrogen (secondary N) is 2. The van der Waals surface area contributed by atoms with Crippen LogP contribution in [0.25, 0.3) is 0 Å². The predicted octanol–water partition coefficient (Wildman–Crippen LogP) is 1.59. The zero-order valence-corrected chi connectivity index (χ0v) is 11.4. The monoisotopic (exact) mass is 254 g/mol. The van der Waals surface area contributed by atoms with E-state index in [0.717, 1.165) is 45.3 Å². The lowest BCUT2D eigenvalue weighted by Gasteiger charge is -2.30. The summed E-state index contributed by atoms with van der Waals surface area (Å²) in [6.45, 7) is 3.85. The van der Waals surface area contributed by atoms with Crippen molar-refractivity contribution < 1.29 is 9.53 Å². The smallest absolute Gasteiger partial charge is 0.221 e. The molecule has 1 amide bonds. The largest absolute Gasteiger partial charge is 0.378 e. The third kappa shape index (κ3) is 4.94. The minimum Gasteiger partial charge on any atom is -0.378 e. The molecule has 1 heterocycles. The van der Waals surface area contributed by atoms with Crippen molar-refractivity contribution in [2.45, 2.75) is 70.1 Å². The fourth-order valence-corrected chi connectivity index (χ4v) is 2.51. The van der Waals surface area contributed by atoms with Gasteiger partial charge in [0, 0.05) is 31.7 Å². The van der Waals surface area contributed by atoms with Crippen molar-refractivity contribution in [3.8, 4) is 0 Å². The molecule has 1 aliphatic carbocycles. The third-order valence-electron chi connectivity index (χ3n) is 3.71. The molecule has 0 aromatic rings. The number of amides is 1. The summed E-state index contributed by atoms with van der Waals surface area (Å²) in [5, 5.41) is 6.51. The zero-order valence-electron chi connectivity index (χ0n) is 11.4. The van der Waals surface area contributed by atoms with Gasteiger partial charge in [-0.15, -0.1) is 0 Å². The first-order valence-corrected chi connectivity index (χ1v) is 7.42. The van der Waals surface area contributed by atoms with E-state index in [1.54, 1.807) is 0 Å². The van der Waals surface area contributed by atoms with Crippen LogP contribution in [-0.4, -0.2) is 37.2 Å². The lowest BCUT2D eigenvalue weighted by atomic mass is 10.00. The van der Waals surface area contributed by atoms with E-state index < -0.39 is 0 Å². The second-order valence-electron chi connectivity index (χ2n) is 5.55. The van der Waals surface area contributed by atoms with E-state index in [0.29, 0.717) is 24.6 Å². The molecular weight excluding hydrogens is 228 g/mol. The van der Waals surface area contributed by atoms with E-state index in [1.807, 2.05) is 0 Å². The lowest BCUT2D eigenvalue weighted by Crippen LogP contribution is -2.40. The molecule has 1 aliphatic heterocycles. The summed E-state index contributed by atoms with van der Waals surface area (Å²) < 4.78 is 5.72. The third-order valence-corrected chi connectivity index (χ3v) is 3.71. The van der Waals surface area contributed by atoms with Crippen LogP contribution in [0.3, 0.4) is 0 Å². The van der Waals surface area contributed by atoms with Crippen LogP contribution in [0.4, 0.5) is 0 Å². The Bertz CT molecular complexity index is 265. The Kier molecular flexibility index (Phi) is 5.45. The molecule has 4 heteroatoms. The van der Waals surface area contributed by atoms with Crippen LogP contribution in [0, 0.1) is 0 Å². The molecule has 2 unspecified atom stereocenters. The molecule has 0 aromatic carbocycles. The quantitative estimate of drug-likeness (QED) is 0.725. The molecule has 4 nitrogen and oxygen atoms in total. The Morgan fingerprint density at radius 3 is 2.83 bits per heavy atom. The molecule has 0 bridgehead atoms. The highest BCUT2D eigenvalue weighted by atomic mass is 16.5. The van der Waals surface area contributed by atoms with Gasteiger partial charge in [-0.05, 0) is 32.1 Å². The number of ether oxygens (including phenoxy) is 1. The topological polar surface area (TPSA) is 50.4 Å². The first-order valence-electron chi connectivity index (χ1n) is 7.42. The molecule has 0 spiro atoms. The van der Waals surface area contributed by atoms with Gasteiger partial charge in [-0.25, -0.2) is 0 Å². The van der Waals surface area contributed by atoms with Gasteiger partial charge in [-0.1, -0.05) is 13.3 Å². The van der Waals surface area contributed by atoms with Gasteiger partial charge in [0.1, 0.15) is 0 Å². The lowest BCUT2D eigenvalue weighted by molar-refractivity contribution is -0.121. The molecule has 2 N–H and O–H groups in total. The first kappa shape index (κ1) is 13.8. The Morgan fingerprint density at radius 2 is 2.11 bits per heavy atom. The van der Waals surface area contributed by atoms with Gasteiger partial charge in [-0.3, -0.25) is 4.79 Å². The summed E-state index contributed by atoms with van der Waals surface area (Å²) in [6.07, 6.45) is 7.85. The molecule has 104 valence electrons. The van der Waals surface area contributed by atoms with E-state index in [1.165, 1.54) is 6.42 Å². The number of hydrogen-bond acceptors (Lipinski definition) is 3. The maximum atomic E-state index is 11.5. The second kappa shape index (κ2) is 7.10. The van der Waals surface area contributed by atoms with Crippen molar-refractivity contribution in [1.82, 2.24) is 10.6 Å². The Balaban J connectivity index is 1.56. The van der Waals surface area contributed by atoms with Crippen molar-refractivity contribution in [2.75, 3.05) is 13.2 Å². The van der Waals surface area contributed by atoms with Crippen LogP contribution >= 0.6 is 0 Å². The van der Waals surface area contributed by atoms with E-state index in [-0.39, 0.29) is 5.91 Å². The Hall–Kier alpha value is -0.610. The highest BCUT2D eigenvalue weighted by Crippen LogP contribution is 2.19. The van der Waals surface area contributed by atoms with Crippen LogP contribution in [0.1, 0.15) is 51.9 Å². The van der Waals surface area contributed by atoms with E-state index >= 15 is 0 Å². The van der Waals surface area contributed by atoms with Crippen LogP contribution in [0.15, 0.2) is 0 Å². The van der Waals surface area contributed by atoms with Crippen LogP contribution in [0.5, 0.6) is 0 Å². The van der Waals surface area contributed by atoms with E-state index in [4.69, 9.17) is 4.74 Å². The maximum absolute atomic E-state index is 11.5. The summed E-state index contributed by atoms with van der Waals surface area (Å²) in [5.41, 5.74) is 0. The Morgan fingerprint density at radius 1 is 1.28 bits per heavy atom. The van der Waals surface area contributed by atoms with Gasteiger partial charge in [-0.2, -0.15) is 0 Å². The highest BCUT2D eigenvalue weighted by Gasteiger charge is 2.24. The summed E-state index contributed by atoms with van der Waals surface area (Å²) in [7, 11) is 0. The van der Waals surface area contributed by atoms with Gasteiger partial charge < -0.3 is 15.4 Å². The highest BCUT2D eigenvalue weighted by molar-refractivity contribution is 5.76. The first-order chi connectivity index (χ1) is 8.78. The van der Waals surface area contributed by atoms with Crippen molar-refractivity contribution >= 4 is 5.91 Å². The number of rotatable bonds is 7. The number of carbonyl (C=O) groups excluding carboxylic acids is 1. The van der Waals surface area contributed by atoms with E-state index in [9.17, 15) is 4.79 Å². The van der Waals surface area contributed by atoms with Crippen LogP contribution < -0.4 is 10.6 Å². The minimum atomic E-state index is 0.196. The molecule has 2 aliphatic rings. The zero-order chi connectivity index (χ0) is 12.8. The molecule has 18 heavy (non-hydrogen) atoms. The molecule has 0 aromatic heterocycles. The second-order valence-corrected chi connectivity index (χ2v) is 5.55. The molecule has 0 radical (unpaired) electrons. The van der Waals surface area contributed by atoms with Gasteiger partial charge in [0.2, 0.25) is 5.91 Å². The number of hydrogen-bond donors (Lipinski definition) is 2. The summed E-state index contributed by atoms with van der Waals surface area (Å²) in [6, 6.07) is 1.01. The SMILES string of the molecule is CCCC1CC(NCCC(=O)NC2CC2)CCO1. The fourth-order valence-electron chi connectivity index (χ4n) is 2.51. The average molecular weight is 254 g/mol. The van der Waals surface area contributed by atoms with Gasteiger partial charge in [0.15, 0.2) is 0 Å². The maximum Gasteiger partial charge on any atom is 0.221 e. The summed E-state index contributed by atoms with van der Waals surface area (Å²) >= 11 is 0. The fraction of sp³-hybridized carbons (Fsp3) is 0.929. The van der Waals surface area contributed by atoms with E-state index in [2.05, 4.69) is 17.6 Å². The molecule has 1 saturated heterocycles. The summed E-state index contributed by atoms with van der Waals surface area (Å²) in [5.74, 6) is 0.196. The molecule has 2 atom stereocenters. The normalized spacial score (nSPS) is 28.1. The number of carbonyl (C=O) groups is 1. The molecule has 2 rings (SSSR count). The standard InChI is InChI=1S/C14H26N2O2/c1-2-3-13-10-12(7-9-18-13)15-8-6-14(17)16-11-4-5-11/h11-13,15H,2-10H2,1H3,(H,16,17). The minimum absolute atomic E-state index is 0.196. The molecular formula is C14H26N2O2. The van der Waals surface area contributed by atoms with Gasteiger partial charge >= 0.3 is 0 Å². The summed E-state index contributed by atoms with van der Waals surface area (Å²) in [4.78, 5) is 11.5. The van der Waals surface area contributed by atoms with Crippen molar-refractivity contribution in [2.24, 2.45) is 0 Å². The van der Waals surface area contributed by atoms with Crippen molar-refractivity contribution in [1.29, 1.82) is 0 Å².